The zero-order valence-corrected chi connectivity index (χ0v) is 10.7. The van der Waals surface area contributed by atoms with Gasteiger partial charge in [0.2, 0.25) is 0 Å². The van der Waals surface area contributed by atoms with Crippen LogP contribution in [0.5, 0.6) is 5.75 Å². The van der Waals surface area contributed by atoms with E-state index in [2.05, 4.69) is 5.48 Å². The number of carbonyl (C=O) groups is 1. The van der Waals surface area contributed by atoms with E-state index < -0.39 is 12.1 Å². The second-order valence-corrected chi connectivity index (χ2v) is 4.09. The van der Waals surface area contributed by atoms with Crippen LogP contribution in [0.1, 0.15) is 0 Å². The van der Waals surface area contributed by atoms with Crippen LogP contribution < -0.4 is 10.2 Å². The summed E-state index contributed by atoms with van der Waals surface area (Å²) < 4.78 is 37.3. The fourth-order valence-corrected chi connectivity index (χ4v) is 1.27. The third kappa shape index (κ3) is 6.09. The summed E-state index contributed by atoms with van der Waals surface area (Å²) in [6, 6.07) is 7.31. The predicted molar refractivity (Wildman–Crippen MR) is 63.5 cm³/mol. The number of hydrogen-bond donors (Lipinski definition) is 2. The summed E-state index contributed by atoms with van der Waals surface area (Å²) in [4.78, 5) is 13.8. The maximum Gasteiger partial charge on any atom is 0.490 e. The van der Waals surface area contributed by atoms with Gasteiger partial charge in [-0.25, -0.2) is 4.79 Å². The van der Waals surface area contributed by atoms with Crippen LogP contribution in [-0.4, -0.2) is 36.5 Å². The molecule has 1 atom stereocenters. The molecule has 1 fully saturated rings. The van der Waals surface area contributed by atoms with Gasteiger partial charge in [-0.2, -0.15) is 18.7 Å². The molecule has 5 nitrogen and oxygen atoms in total. The van der Waals surface area contributed by atoms with E-state index in [1.807, 2.05) is 12.1 Å². The van der Waals surface area contributed by atoms with Crippen molar-refractivity contribution >= 4 is 17.6 Å². The summed E-state index contributed by atoms with van der Waals surface area (Å²) in [6.45, 7) is 1.31. The number of ether oxygens (including phenoxy) is 1. The quantitative estimate of drug-likeness (QED) is 0.876. The minimum atomic E-state index is -5.08. The van der Waals surface area contributed by atoms with Crippen molar-refractivity contribution in [3.05, 3.63) is 29.3 Å². The normalized spacial score (nSPS) is 18.1. The van der Waals surface area contributed by atoms with Gasteiger partial charge in [-0.3, -0.25) is 4.84 Å². The Morgan fingerprint density at radius 3 is 2.35 bits per heavy atom. The number of carboxylic acids is 1. The molecule has 1 aromatic rings. The Bertz CT molecular complexity index is 432. The Morgan fingerprint density at radius 1 is 1.40 bits per heavy atom. The molecule has 9 heteroatoms. The Hall–Kier alpha value is -1.51. The van der Waals surface area contributed by atoms with E-state index in [0.717, 1.165) is 12.3 Å². The lowest BCUT2D eigenvalue weighted by Gasteiger charge is -2.10. The molecule has 0 bridgehead atoms. The number of rotatable bonds is 2. The van der Waals surface area contributed by atoms with Gasteiger partial charge >= 0.3 is 12.1 Å². The number of halogens is 4. The fraction of sp³-hybridized carbons (Fsp3) is 0.364. The number of carboxylic acid groups (broad SMARTS) is 1. The van der Waals surface area contributed by atoms with Gasteiger partial charge in [0.1, 0.15) is 18.5 Å². The van der Waals surface area contributed by atoms with Crippen LogP contribution in [0.25, 0.3) is 0 Å². The molecule has 0 unspecified atom stereocenters. The van der Waals surface area contributed by atoms with Gasteiger partial charge in [-0.05, 0) is 24.3 Å². The topological polar surface area (TPSA) is 67.8 Å². The summed E-state index contributed by atoms with van der Waals surface area (Å²) in [6.07, 6.45) is -4.99. The maximum absolute atomic E-state index is 10.6. The smallest absolute Gasteiger partial charge is 0.487 e. The van der Waals surface area contributed by atoms with Gasteiger partial charge in [-0.1, -0.05) is 11.6 Å². The third-order valence-electron chi connectivity index (χ3n) is 2.04. The minimum absolute atomic E-state index is 0.0983. The first-order chi connectivity index (χ1) is 9.29. The molecule has 0 radical (unpaired) electrons. The lowest BCUT2D eigenvalue weighted by atomic mass is 10.3. The summed E-state index contributed by atoms with van der Waals surface area (Å²) in [5, 5.41) is 7.84. The summed E-state index contributed by atoms with van der Waals surface area (Å²) >= 11 is 5.74. The Morgan fingerprint density at radius 2 is 1.95 bits per heavy atom. The van der Waals surface area contributed by atoms with Crippen molar-refractivity contribution in [3.8, 4) is 5.75 Å². The van der Waals surface area contributed by atoms with Crippen LogP contribution >= 0.6 is 11.6 Å². The predicted octanol–water partition coefficient (Wildman–Crippen LogP) is 2.26. The van der Waals surface area contributed by atoms with Crippen molar-refractivity contribution in [2.24, 2.45) is 0 Å². The van der Waals surface area contributed by atoms with Crippen molar-refractivity contribution in [3.63, 3.8) is 0 Å². The largest absolute Gasteiger partial charge is 0.490 e. The van der Waals surface area contributed by atoms with Crippen molar-refractivity contribution in [1.82, 2.24) is 5.48 Å². The molecule has 1 aromatic carbocycles. The van der Waals surface area contributed by atoms with E-state index in [1.165, 1.54) is 0 Å². The first-order valence-electron chi connectivity index (χ1n) is 5.36. The van der Waals surface area contributed by atoms with Crippen molar-refractivity contribution in [1.29, 1.82) is 0 Å². The lowest BCUT2D eigenvalue weighted by molar-refractivity contribution is -0.192. The molecule has 1 saturated heterocycles. The molecular weight excluding hydrogens is 303 g/mol. The van der Waals surface area contributed by atoms with Crippen LogP contribution in [0, 0.1) is 0 Å². The molecule has 2 rings (SSSR count). The molecule has 2 N–H and O–H groups in total. The highest BCUT2D eigenvalue weighted by Gasteiger charge is 2.38. The van der Waals surface area contributed by atoms with Crippen LogP contribution in [0.3, 0.4) is 0 Å². The molecule has 1 aliphatic heterocycles. The highest BCUT2D eigenvalue weighted by atomic mass is 35.5. The molecular formula is C11H11ClF3NO4. The molecule has 0 saturated carbocycles. The average molecular weight is 314 g/mol. The van der Waals surface area contributed by atoms with Gasteiger partial charge in [-0.15, -0.1) is 0 Å². The van der Waals surface area contributed by atoms with Gasteiger partial charge in [0.15, 0.2) is 0 Å². The van der Waals surface area contributed by atoms with E-state index in [0.29, 0.717) is 11.6 Å². The van der Waals surface area contributed by atoms with E-state index in [-0.39, 0.29) is 6.10 Å². The molecule has 112 valence electrons. The summed E-state index contributed by atoms with van der Waals surface area (Å²) in [5.41, 5.74) is 2.75. The first kappa shape index (κ1) is 16.5. The number of alkyl halides is 3. The molecule has 0 aromatic heterocycles. The van der Waals surface area contributed by atoms with E-state index in [4.69, 9.17) is 31.1 Å². The molecule has 20 heavy (non-hydrogen) atoms. The van der Waals surface area contributed by atoms with Gasteiger partial charge in [0.25, 0.3) is 0 Å². The van der Waals surface area contributed by atoms with Crippen molar-refractivity contribution in [2.45, 2.75) is 12.3 Å². The Balaban J connectivity index is 0.000000246. The zero-order chi connectivity index (χ0) is 15.2. The zero-order valence-electron chi connectivity index (χ0n) is 9.98. The average Bonchev–Trinajstić information content (AvgIpc) is 2.84. The number of hydrogen-bond acceptors (Lipinski definition) is 4. The fourth-order valence-electron chi connectivity index (χ4n) is 1.14. The van der Waals surface area contributed by atoms with E-state index in [1.54, 1.807) is 12.1 Å². The highest BCUT2D eigenvalue weighted by molar-refractivity contribution is 6.30. The molecule has 0 spiro atoms. The minimum Gasteiger partial charge on any atom is -0.487 e. The summed E-state index contributed by atoms with van der Waals surface area (Å²) in [7, 11) is 0. The van der Waals surface area contributed by atoms with E-state index >= 15 is 0 Å². The highest BCUT2D eigenvalue weighted by Crippen LogP contribution is 2.17. The van der Waals surface area contributed by atoms with Crippen molar-refractivity contribution in [2.75, 3.05) is 13.2 Å². The summed E-state index contributed by atoms with van der Waals surface area (Å²) in [5.74, 6) is -1.94. The van der Waals surface area contributed by atoms with Gasteiger partial charge in [0.05, 0.1) is 6.54 Å². The monoisotopic (exact) mass is 313 g/mol. The first-order valence-corrected chi connectivity index (χ1v) is 5.74. The van der Waals surface area contributed by atoms with Crippen LogP contribution in [0.2, 0.25) is 5.02 Å². The SMILES string of the molecule is Clc1ccc(O[C@H]2CNOC2)cc1.O=C(O)C(F)(F)F. The number of benzene rings is 1. The van der Waals surface area contributed by atoms with E-state index in [9.17, 15) is 13.2 Å². The van der Waals surface area contributed by atoms with Crippen LogP contribution in [0.4, 0.5) is 13.2 Å². The Labute approximate surface area is 117 Å². The number of nitrogens with one attached hydrogen (secondary N) is 1. The maximum atomic E-state index is 10.6. The van der Waals surface area contributed by atoms with Gasteiger partial charge < -0.3 is 9.84 Å². The standard InChI is InChI=1S/C9H10ClNO2.C2HF3O2/c10-7-1-3-8(4-2-7)13-9-5-11-12-6-9;3-2(4,5)1(6)7/h1-4,9,11H,5-6H2;(H,6,7)/t9-;/m0./s1. The number of hydroxylamine groups is 1. The molecule has 1 aliphatic rings. The Kier molecular flexibility index (Phi) is 6.05. The van der Waals surface area contributed by atoms with Crippen LogP contribution in [0.15, 0.2) is 24.3 Å². The van der Waals surface area contributed by atoms with Crippen molar-refractivity contribution < 1.29 is 32.6 Å². The molecule has 1 heterocycles. The number of aliphatic carboxylic acids is 1. The second-order valence-electron chi connectivity index (χ2n) is 3.66. The lowest BCUT2D eigenvalue weighted by Crippen LogP contribution is -2.21. The molecule has 0 amide bonds. The third-order valence-corrected chi connectivity index (χ3v) is 2.29. The molecule has 0 aliphatic carbocycles. The van der Waals surface area contributed by atoms with Gasteiger partial charge in [0, 0.05) is 5.02 Å². The second kappa shape index (κ2) is 7.32. The van der Waals surface area contributed by atoms with Crippen LogP contribution in [-0.2, 0) is 9.63 Å².